The van der Waals surface area contributed by atoms with E-state index in [9.17, 15) is 39.0 Å². The number of fused-ring (bicyclic) bond motifs is 1. The van der Waals surface area contributed by atoms with Gasteiger partial charge < -0.3 is 64.5 Å². The van der Waals surface area contributed by atoms with Gasteiger partial charge in [0.15, 0.2) is 31.0 Å². The number of amides is 3. The average molecular weight is 969 g/mol. The van der Waals surface area contributed by atoms with Gasteiger partial charge >= 0.3 is 17.9 Å². The quantitative estimate of drug-likeness (QED) is 0.0997. The number of carbonyl (C=O) groups excluding carboxylic acids is 6. The number of carbonyl (C=O) groups is 6. The standard InChI is InChI=1S/C39H41ClN2O15.C7H6ClNO/c1-19(43)41-26-16-24(14-15-25(26)40)35(48)42-36-33(52-20(2)44)29(46)31(27(54-36)17-50-37(49)22-10-6-4-7-11-22)57-39-34(53-21(3)45)30(47)32-28(55-39)18-51-38(56-32)23-12-8-5-9-13-23;8-6-4-2-1-3-5(6)7(9)10/h4-16,27-34,36,38-39,46-47H,17-18H2,1-3H3,(H,41,43)(H,42,48);1-4H,(H2,9,10)/t27-,28-,29+,30+,31-,32-,33-,34-,36-,38-,39-;/m1./s1. The summed E-state index contributed by atoms with van der Waals surface area (Å²) in [5.41, 5.74) is 6.36. The van der Waals surface area contributed by atoms with Gasteiger partial charge in [-0.3, -0.25) is 24.0 Å². The Bertz CT molecular complexity index is 2400. The first-order valence-electron chi connectivity index (χ1n) is 20.6. The van der Waals surface area contributed by atoms with E-state index in [1.807, 2.05) is 6.07 Å². The average Bonchev–Trinajstić information content (AvgIpc) is 3.30. The molecule has 7 rings (SSSR count). The Hall–Kier alpha value is -6.00. The molecule has 4 aromatic rings. The number of halogens is 2. The minimum absolute atomic E-state index is 0.00281. The number of hydrogen-bond donors (Lipinski definition) is 5. The molecule has 0 saturated carbocycles. The first-order valence-corrected chi connectivity index (χ1v) is 21.4. The molecule has 3 aliphatic rings. The molecule has 3 fully saturated rings. The maximum absolute atomic E-state index is 13.6. The smallest absolute Gasteiger partial charge is 0.338 e. The van der Waals surface area contributed by atoms with Gasteiger partial charge in [0.05, 0.1) is 33.5 Å². The van der Waals surface area contributed by atoms with Crippen LogP contribution in [0.3, 0.4) is 0 Å². The predicted molar refractivity (Wildman–Crippen MR) is 235 cm³/mol. The van der Waals surface area contributed by atoms with Gasteiger partial charge in [-0.2, -0.15) is 0 Å². The number of nitrogens with two attached hydrogens (primary N) is 1. The normalized spacial score (nSPS) is 26.5. The summed E-state index contributed by atoms with van der Waals surface area (Å²) in [6, 6.07) is 27.7. The molecule has 4 aromatic carbocycles. The first-order chi connectivity index (χ1) is 32.0. The minimum atomic E-state index is -1.84. The van der Waals surface area contributed by atoms with Crippen molar-refractivity contribution in [2.75, 3.05) is 18.5 Å². The molecule has 0 aliphatic carbocycles. The third kappa shape index (κ3) is 13.1. The highest BCUT2D eigenvalue weighted by Crippen LogP contribution is 2.37. The van der Waals surface area contributed by atoms with Crippen LogP contribution < -0.4 is 16.4 Å². The van der Waals surface area contributed by atoms with Crippen molar-refractivity contribution >= 4 is 64.5 Å². The summed E-state index contributed by atoms with van der Waals surface area (Å²) < 4.78 is 47.1. The summed E-state index contributed by atoms with van der Waals surface area (Å²) in [5.74, 6) is -4.18. The second-order valence-electron chi connectivity index (χ2n) is 15.2. The van der Waals surface area contributed by atoms with Crippen molar-refractivity contribution in [3.05, 3.63) is 135 Å². The molecule has 0 unspecified atom stereocenters. The van der Waals surface area contributed by atoms with Crippen molar-refractivity contribution in [1.82, 2.24) is 5.32 Å². The Kier molecular flexibility index (Phi) is 17.4. The number of anilines is 1. The summed E-state index contributed by atoms with van der Waals surface area (Å²) in [6.45, 7) is 2.76. The Labute approximate surface area is 393 Å². The number of benzene rings is 4. The number of hydrogen-bond acceptors (Lipinski definition) is 16. The molecule has 0 aromatic heterocycles. The predicted octanol–water partition coefficient (Wildman–Crippen LogP) is 3.86. The molecule has 3 amide bonds. The Morgan fingerprint density at radius 2 is 1.37 bits per heavy atom. The second kappa shape index (κ2) is 23.1. The summed E-state index contributed by atoms with van der Waals surface area (Å²) in [5, 5.41) is 29.1. The molecule has 0 bridgehead atoms. The molecule has 21 heteroatoms. The van der Waals surface area contributed by atoms with Gasteiger partial charge in [0.25, 0.3) is 5.91 Å². The van der Waals surface area contributed by atoms with Crippen LogP contribution in [0, 0.1) is 0 Å². The lowest BCUT2D eigenvalue weighted by Gasteiger charge is -2.49. The maximum Gasteiger partial charge on any atom is 0.338 e. The lowest BCUT2D eigenvalue weighted by Crippen LogP contribution is -2.68. The van der Waals surface area contributed by atoms with Crippen LogP contribution >= 0.6 is 23.2 Å². The third-order valence-electron chi connectivity index (χ3n) is 10.3. The van der Waals surface area contributed by atoms with Gasteiger partial charge in [0.2, 0.25) is 11.8 Å². The molecule has 0 radical (unpaired) electrons. The summed E-state index contributed by atoms with van der Waals surface area (Å²) >= 11 is 11.8. The molecule has 6 N–H and O–H groups in total. The van der Waals surface area contributed by atoms with Crippen LogP contribution in [-0.2, 0) is 52.3 Å². The highest BCUT2D eigenvalue weighted by atomic mass is 35.5. The van der Waals surface area contributed by atoms with E-state index in [1.165, 1.54) is 37.3 Å². The fourth-order valence-corrected chi connectivity index (χ4v) is 7.63. The van der Waals surface area contributed by atoms with Crippen LogP contribution in [0.1, 0.15) is 63.7 Å². The third-order valence-corrected chi connectivity index (χ3v) is 10.9. The van der Waals surface area contributed by atoms with E-state index in [1.54, 1.807) is 66.7 Å². The summed E-state index contributed by atoms with van der Waals surface area (Å²) in [4.78, 5) is 73.6. The Morgan fingerprint density at radius 3 is 2.00 bits per heavy atom. The van der Waals surface area contributed by atoms with Crippen LogP contribution in [0.2, 0.25) is 10.0 Å². The Balaban J connectivity index is 0.000000656. The van der Waals surface area contributed by atoms with Gasteiger partial charge in [-0.1, -0.05) is 83.9 Å². The monoisotopic (exact) mass is 967 g/mol. The number of aliphatic hydroxyl groups excluding tert-OH is 2. The van der Waals surface area contributed by atoms with E-state index in [0.717, 1.165) is 13.8 Å². The van der Waals surface area contributed by atoms with E-state index in [4.69, 9.17) is 66.8 Å². The lowest BCUT2D eigenvalue weighted by atomic mass is 9.95. The summed E-state index contributed by atoms with van der Waals surface area (Å²) in [7, 11) is 0. The molecule has 11 atom stereocenters. The van der Waals surface area contributed by atoms with Crippen LogP contribution in [-0.4, -0.2) is 120 Å². The lowest BCUT2D eigenvalue weighted by molar-refractivity contribution is -0.379. The number of esters is 3. The largest absolute Gasteiger partial charge is 0.459 e. The van der Waals surface area contributed by atoms with Gasteiger partial charge in [-0.15, -0.1) is 0 Å². The molecular formula is C46H47Cl2N3O16. The zero-order valence-electron chi connectivity index (χ0n) is 36.0. The number of nitrogens with one attached hydrogen (secondary N) is 2. The molecule has 67 heavy (non-hydrogen) atoms. The fraction of sp³-hybridized carbons (Fsp3) is 0.348. The topological polar surface area (TPSA) is 267 Å². The van der Waals surface area contributed by atoms with E-state index >= 15 is 0 Å². The van der Waals surface area contributed by atoms with Gasteiger partial charge in [0, 0.05) is 31.9 Å². The molecular weight excluding hydrogens is 921 g/mol. The fourth-order valence-electron chi connectivity index (χ4n) is 7.24. The van der Waals surface area contributed by atoms with Gasteiger partial charge in [-0.25, -0.2) is 4.79 Å². The summed E-state index contributed by atoms with van der Waals surface area (Å²) in [6.07, 6.45) is -15.7. The SMILES string of the molecule is CC(=O)Nc1cc(C(=O)N[C@@H]2O[C@H](COC(=O)c3ccccc3)[C@@H](O[C@H]3O[C@@H]4CO[C@@H](c5ccccc5)O[C@H]4[C@H](O)[C@H]3OC(C)=O)[C@H](O)[C@H]2OC(C)=O)ccc1Cl.NC(=O)c1ccccc1Cl. The number of ether oxygens (including phenoxy) is 8. The van der Waals surface area contributed by atoms with Crippen LogP contribution in [0.25, 0.3) is 0 Å². The van der Waals surface area contributed by atoms with E-state index in [-0.39, 0.29) is 28.4 Å². The highest BCUT2D eigenvalue weighted by Gasteiger charge is 2.55. The van der Waals surface area contributed by atoms with Crippen LogP contribution in [0.15, 0.2) is 103 Å². The zero-order valence-corrected chi connectivity index (χ0v) is 37.5. The van der Waals surface area contributed by atoms with Crippen molar-refractivity contribution < 1.29 is 76.9 Å². The first kappa shape index (κ1) is 50.4. The second-order valence-corrected chi connectivity index (χ2v) is 16.0. The van der Waals surface area contributed by atoms with Crippen LogP contribution in [0.4, 0.5) is 5.69 Å². The molecule has 19 nitrogen and oxygen atoms in total. The van der Waals surface area contributed by atoms with E-state index in [2.05, 4.69) is 10.6 Å². The van der Waals surface area contributed by atoms with Gasteiger partial charge in [0.1, 0.15) is 43.2 Å². The number of rotatable bonds is 12. The van der Waals surface area contributed by atoms with Crippen molar-refractivity contribution in [1.29, 1.82) is 0 Å². The van der Waals surface area contributed by atoms with E-state index < -0.39 is 110 Å². The highest BCUT2D eigenvalue weighted by molar-refractivity contribution is 6.34. The van der Waals surface area contributed by atoms with Crippen molar-refractivity contribution in [2.45, 2.75) is 88.4 Å². The van der Waals surface area contributed by atoms with Crippen molar-refractivity contribution in [3.63, 3.8) is 0 Å². The number of primary amides is 1. The van der Waals surface area contributed by atoms with Gasteiger partial charge in [-0.05, 0) is 42.5 Å². The Morgan fingerprint density at radius 1 is 0.731 bits per heavy atom. The zero-order chi connectivity index (χ0) is 48.4. The van der Waals surface area contributed by atoms with Crippen LogP contribution in [0.5, 0.6) is 0 Å². The van der Waals surface area contributed by atoms with E-state index in [0.29, 0.717) is 16.1 Å². The molecule has 0 spiro atoms. The molecule has 3 aliphatic heterocycles. The number of aliphatic hydroxyl groups is 2. The molecule has 3 heterocycles. The van der Waals surface area contributed by atoms with Crippen molar-refractivity contribution in [3.8, 4) is 0 Å². The van der Waals surface area contributed by atoms with Crippen molar-refractivity contribution in [2.24, 2.45) is 5.73 Å². The molecule has 3 saturated heterocycles. The maximum atomic E-state index is 13.6. The molecule has 356 valence electrons. The minimum Gasteiger partial charge on any atom is -0.459 e.